The number of nitrogens with one attached hydrogen (secondary N) is 1. The first-order valence-corrected chi connectivity index (χ1v) is 4.21. The minimum absolute atomic E-state index is 0.198. The van der Waals surface area contributed by atoms with Crippen molar-refractivity contribution in [2.24, 2.45) is 5.92 Å². The number of cyclic esters (lactones) is 2. The molecule has 1 atom stereocenters. The van der Waals surface area contributed by atoms with Crippen LogP contribution >= 0.6 is 0 Å². The van der Waals surface area contributed by atoms with Crippen LogP contribution in [0.3, 0.4) is 0 Å². The molecule has 0 saturated carbocycles. The van der Waals surface area contributed by atoms with E-state index in [1.165, 1.54) is 0 Å². The van der Waals surface area contributed by atoms with Crippen LogP contribution in [0.4, 0.5) is 4.79 Å². The lowest BCUT2D eigenvalue weighted by Crippen LogP contribution is -2.35. The van der Waals surface area contributed by atoms with Gasteiger partial charge in [-0.2, -0.15) is 0 Å². The summed E-state index contributed by atoms with van der Waals surface area (Å²) < 4.78 is 4.37. The van der Waals surface area contributed by atoms with Crippen LogP contribution < -0.4 is 5.32 Å². The highest BCUT2D eigenvalue weighted by Crippen LogP contribution is 2.17. The van der Waals surface area contributed by atoms with Gasteiger partial charge in [-0.25, -0.2) is 9.59 Å². The van der Waals surface area contributed by atoms with Crippen LogP contribution in [0.5, 0.6) is 0 Å². The monoisotopic (exact) mass is 171 g/mol. The van der Waals surface area contributed by atoms with E-state index in [2.05, 4.69) is 10.1 Å². The fourth-order valence-electron chi connectivity index (χ4n) is 1.44. The summed E-state index contributed by atoms with van der Waals surface area (Å²) in [6, 6.07) is -0.424. The van der Waals surface area contributed by atoms with Crippen molar-refractivity contribution in [3.8, 4) is 0 Å². The van der Waals surface area contributed by atoms with Crippen molar-refractivity contribution in [3.63, 3.8) is 0 Å². The van der Waals surface area contributed by atoms with Gasteiger partial charge in [0.2, 0.25) is 0 Å². The first kappa shape index (κ1) is 9.03. The average Bonchev–Trinajstić information content (AvgIpc) is 2.34. The van der Waals surface area contributed by atoms with Crippen LogP contribution in [0.2, 0.25) is 0 Å². The minimum atomic E-state index is -0.614. The predicted octanol–water partition coefficient (Wildman–Crippen LogP) is 1.06. The molecule has 0 aromatic heterocycles. The van der Waals surface area contributed by atoms with Crippen LogP contribution in [0.15, 0.2) is 0 Å². The third-order valence-corrected chi connectivity index (χ3v) is 2.24. The molecule has 0 radical (unpaired) electrons. The molecule has 0 spiro atoms. The Bertz CT molecular complexity index is 198. The van der Waals surface area contributed by atoms with Crippen molar-refractivity contribution >= 4 is 12.1 Å². The lowest BCUT2D eigenvalue weighted by molar-refractivity contribution is -0.136. The quantitative estimate of drug-likeness (QED) is 0.510. The highest BCUT2D eigenvalue weighted by atomic mass is 16.6. The average molecular weight is 171 g/mol. The molecule has 0 bridgehead atoms. The summed E-state index contributed by atoms with van der Waals surface area (Å²) in [5, 5.41) is 2.49. The van der Waals surface area contributed by atoms with Crippen molar-refractivity contribution in [3.05, 3.63) is 0 Å². The molecule has 1 heterocycles. The Morgan fingerprint density at radius 1 is 1.42 bits per heavy atom. The lowest BCUT2D eigenvalue weighted by atomic mass is 9.95. The van der Waals surface area contributed by atoms with E-state index < -0.39 is 18.1 Å². The van der Waals surface area contributed by atoms with Crippen molar-refractivity contribution in [1.82, 2.24) is 5.32 Å². The molecule has 0 aromatic carbocycles. The number of carbonyl (C=O) groups excluding carboxylic acids is 2. The van der Waals surface area contributed by atoms with E-state index in [9.17, 15) is 9.59 Å². The summed E-state index contributed by atoms with van der Waals surface area (Å²) in [5.74, 6) is -0.238. The summed E-state index contributed by atoms with van der Waals surface area (Å²) in [7, 11) is 0. The summed E-state index contributed by atoms with van der Waals surface area (Å²) in [6.45, 7) is 3.98. The Balaban J connectivity index is 2.62. The molecule has 4 nitrogen and oxygen atoms in total. The molecule has 0 aliphatic carbocycles. The Hall–Kier alpha value is -1.06. The number of rotatable bonds is 3. The van der Waals surface area contributed by atoms with Gasteiger partial charge < -0.3 is 10.1 Å². The zero-order valence-electron chi connectivity index (χ0n) is 7.29. The van der Waals surface area contributed by atoms with Crippen LogP contribution in [0.1, 0.15) is 26.7 Å². The third-order valence-electron chi connectivity index (χ3n) is 2.24. The molecule has 0 unspecified atom stereocenters. The highest BCUT2D eigenvalue weighted by molar-refractivity contribution is 5.95. The van der Waals surface area contributed by atoms with E-state index in [1.807, 2.05) is 13.8 Å². The van der Waals surface area contributed by atoms with Crippen LogP contribution in [-0.4, -0.2) is 18.1 Å². The number of alkyl carbamates (subject to hydrolysis) is 1. The highest BCUT2D eigenvalue weighted by Gasteiger charge is 2.36. The zero-order chi connectivity index (χ0) is 9.14. The fourth-order valence-corrected chi connectivity index (χ4v) is 1.44. The standard InChI is InChI=1S/C8H13NO3/c1-3-5(4-2)6-7(10)12-8(11)9-6/h5-6H,3-4H2,1-2H3,(H,9,11)/t6-/m0/s1. The molecule has 1 amide bonds. The Labute approximate surface area is 71.3 Å². The molecule has 1 aliphatic heterocycles. The molecule has 4 heteroatoms. The van der Waals surface area contributed by atoms with E-state index in [0.717, 1.165) is 12.8 Å². The summed E-state index contributed by atoms with van der Waals surface area (Å²) in [4.78, 5) is 21.7. The first-order chi connectivity index (χ1) is 5.69. The molecule has 1 rings (SSSR count). The van der Waals surface area contributed by atoms with E-state index >= 15 is 0 Å². The molecular formula is C8H13NO3. The third kappa shape index (κ3) is 1.57. The second-order valence-corrected chi connectivity index (χ2v) is 2.91. The number of hydrogen-bond acceptors (Lipinski definition) is 3. The zero-order valence-corrected chi connectivity index (χ0v) is 7.29. The van der Waals surface area contributed by atoms with Gasteiger partial charge in [0.15, 0.2) is 0 Å². The Morgan fingerprint density at radius 3 is 2.33 bits per heavy atom. The largest absolute Gasteiger partial charge is 0.415 e. The molecule has 1 fully saturated rings. The van der Waals surface area contributed by atoms with Gasteiger partial charge in [0.1, 0.15) is 6.04 Å². The van der Waals surface area contributed by atoms with Crippen molar-refractivity contribution in [2.75, 3.05) is 0 Å². The van der Waals surface area contributed by atoms with Crippen LogP contribution in [0.25, 0.3) is 0 Å². The van der Waals surface area contributed by atoms with Crippen LogP contribution in [-0.2, 0) is 9.53 Å². The maximum absolute atomic E-state index is 11.0. The van der Waals surface area contributed by atoms with Gasteiger partial charge in [0.25, 0.3) is 0 Å². The fraction of sp³-hybridized carbons (Fsp3) is 0.750. The smallest absolute Gasteiger partial charge is 0.375 e. The Morgan fingerprint density at radius 2 is 2.00 bits per heavy atom. The molecule has 12 heavy (non-hydrogen) atoms. The predicted molar refractivity (Wildman–Crippen MR) is 42.5 cm³/mol. The van der Waals surface area contributed by atoms with E-state index in [4.69, 9.17) is 0 Å². The van der Waals surface area contributed by atoms with E-state index in [0.29, 0.717) is 0 Å². The summed E-state index contributed by atoms with van der Waals surface area (Å²) in [5.41, 5.74) is 0. The number of esters is 1. The van der Waals surface area contributed by atoms with Gasteiger partial charge in [0, 0.05) is 0 Å². The SMILES string of the molecule is CCC(CC)[C@@H]1NC(=O)OC1=O. The van der Waals surface area contributed by atoms with Crippen molar-refractivity contribution in [2.45, 2.75) is 32.7 Å². The van der Waals surface area contributed by atoms with Gasteiger partial charge in [-0.05, 0) is 5.92 Å². The summed E-state index contributed by atoms with van der Waals surface area (Å²) in [6.07, 6.45) is 1.13. The number of amides is 1. The second kappa shape index (κ2) is 3.56. The van der Waals surface area contributed by atoms with Gasteiger partial charge in [-0.15, -0.1) is 0 Å². The van der Waals surface area contributed by atoms with E-state index in [-0.39, 0.29) is 5.92 Å². The number of carbonyl (C=O) groups is 2. The number of ether oxygens (including phenoxy) is 1. The molecular weight excluding hydrogens is 158 g/mol. The molecule has 1 N–H and O–H groups in total. The molecule has 68 valence electrons. The lowest BCUT2D eigenvalue weighted by Gasteiger charge is -2.15. The van der Waals surface area contributed by atoms with Gasteiger partial charge >= 0.3 is 12.1 Å². The molecule has 1 saturated heterocycles. The van der Waals surface area contributed by atoms with Crippen LogP contribution in [0, 0.1) is 5.92 Å². The van der Waals surface area contributed by atoms with Crippen molar-refractivity contribution < 1.29 is 14.3 Å². The maximum Gasteiger partial charge on any atom is 0.415 e. The topological polar surface area (TPSA) is 55.4 Å². The molecule has 0 aromatic rings. The Kier molecular flexibility index (Phi) is 2.68. The van der Waals surface area contributed by atoms with E-state index in [1.54, 1.807) is 0 Å². The van der Waals surface area contributed by atoms with Gasteiger partial charge in [-0.1, -0.05) is 26.7 Å². The number of hydrogen-bond donors (Lipinski definition) is 1. The second-order valence-electron chi connectivity index (χ2n) is 2.91. The normalized spacial score (nSPS) is 22.8. The van der Waals surface area contributed by atoms with Crippen molar-refractivity contribution in [1.29, 1.82) is 0 Å². The van der Waals surface area contributed by atoms with Gasteiger partial charge in [-0.3, -0.25) is 0 Å². The van der Waals surface area contributed by atoms with Gasteiger partial charge in [0.05, 0.1) is 0 Å². The summed E-state index contributed by atoms with van der Waals surface area (Å²) >= 11 is 0. The first-order valence-electron chi connectivity index (χ1n) is 4.21. The maximum atomic E-state index is 11.0. The molecule has 1 aliphatic rings. The minimum Gasteiger partial charge on any atom is -0.375 e.